The third kappa shape index (κ3) is 1.65. The molecular weight excluding hydrogens is 124 g/mol. The highest BCUT2D eigenvalue weighted by molar-refractivity contribution is 5.69. The zero-order chi connectivity index (χ0) is 6.69. The van der Waals surface area contributed by atoms with Gasteiger partial charge in [0.15, 0.2) is 0 Å². The van der Waals surface area contributed by atoms with E-state index in [-0.39, 0.29) is 18.9 Å². The molecule has 0 aliphatic carbocycles. The summed E-state index contributed by atoms with van der Waals surface area (Å²) >= 11 is 0. The summed E-state index contributed by atoms with van der Waals surface area (Å²) in [5.74, 6) is -0.480. The number of aliphatic hydroxyl groups is 1. The normalized spacial score (nSPS) is 27.7. The van der Waals surface area contributed by atoms with Gasteiger partial charge in [-0.3, -0.25) is 4.89 Å². The van der Waals surface area contributed by atoms with E-state index >= 15 is 0 Å². The van der Waals surface area contributed by atoms with Gasteiger partial charge in [-0.2, -0.15) is 4.89 Å². The van der Waals surface area contributed by atoms with Crippen molar-refractivity contribution in [2.24, 2.45) is 5.92 Å². The van der Waals surface area contributed by atoms with Crippen LogP contribution in [0.2, 0.25) is 0 Å². The lowest BCUT2D eigenvalue weighted by Crippen LogP contribution is -2.25. The SMILES string of the molecule is O=C1CC(CO)COO1. The van der Waals surface area contributed by atoms with Gasteiger partial charge in [0, 0.05) is 12.5 Å². The van der Waals surface area contributed by atoms with E-state index in [1.54, 1.807) is 0 Å². The molecule has 0 radical (unpaired) electrons. The van der Waals surface area contributed by atoms with Crippen LogP contribution in [0.5, 0.6) is 0 Å². The summed E-state index contributed by atoms with van der Waals surface area (Å²) in [6.07, 6.45) is 0.260. The van der Waals surface area contributed by atoms with Crippen molar-refractivity contribution in [3.63, 3.8) is 0 Å². The predicted octanol–water partition coefficient (Wildman–Crippen LogP) is -0.527. The number of carbonyl (C=O) groups is 1. The minimum atomic E-state index is -0.402. The second-order valence-corrected chi connectivity index (χ2v) is 1.99. The van der Waals surface area contributed by atoms with Gasteiger partial charge < -0.3 is 5.11 Å². The summed E-state index contributed by atoms with van der Waals surface area (Å²) in [7, 11) is 0. The third-order valence-electron chi connectivity index (χ3n) is 1.17. The zero-order valence-electron chi connectivity index (χ0n) is 4.87. The van der Waals surface area contributed by atoms with Crippen LogP contribution in [0.3, 0.4) is 0 Å². The van der Waals surface area contributed by atoms with Crippen molar-refractivity contribution in [1.29, 1.82) is 0 Å². The summed E-state index contributed by atoms with van der Waals surface area (Å²) < 4.78 is 0. The van der Waals surface area contributed by atoms with Gasteiger partial charge in [-0.15, -0.1) is 0 Å². The van der Waals surface area contributed by atoms with Crippen LogP contribution in [-0.4, -0.2) is 24.3 Å². The minimum absolute atomic E-state index is 0.0188. The van der Waals surface area contributed by atoms with E-state index in [0.717, 1.165) is 0 Å². The van der Waals surface area contributed by atoms with Crippen LogP contribution in [0.1, 0.15) is 6.42 Å². The molecule has 4 heteroatoms. The molecule has 1 aliphatic rings. The van der Waals surface area contributed by atoms with Crippen molar-refractivity contribution in [2.45, 2.75) is 6.42 Å². The summed E-state index contributed by atoms with van der Waals surface area (Å²) in [5.41, 5.74) is 0. The Balaban J connectivity index is 2.32. The first-order chi connectivity index (χ1) is 4.33. The van der Waals surface area contributed by atoms with Gasteiger partial charge in [-0.1, -0.05) is 0 Å². The summed E-state index contributed by atoms with van der Waals surface area (Å²) in [6, 6.07) is 0. The third-order valence-corrected chi connectivity index (χ3v) is 1.17. The summed E-state index contributed by atoms with van der Waals surface area (Å²) in [5, 5.41) is 8.52. The van der Waals surface area contributed by atoms with Crippen molar-refractivity contribution in [1.82, 2.24) is 0 Å². The molecule has 1 saturated heterocycles. The Hall–Kier alpha value is -0.610. The van der Waals surface area contributed by atoms with Crippen molar-refractivity contribution >= 4 is 5.97 Å². The van der Waals surface area contributed by atoms with E-state index in [0.29, 0.717) is 6.61 Å². The first-order valence-corrected chi connectivity index (χ1v) is 2.76. The lowest BCUT2D eigenvalue weighted by atomic mass is 10.1. The van der Waals surface area contributed by atoms with Crippen LogP contribution in [0.4, 0.5) is 0 Å². The van der Waals surface area contributed by atoms with Gasteiger partial charge in [0.1, 0.15) is 0 Å². The van der Waals surface area contributed by atoms with Gasteiger partial charge in [0.05, 0.1) is 13.0 Å². The number of hydrogen-bond acceptors (Lipinski definition) is 4. The fourth-order valence-corrected chi connectivity index (χ4v) is 0.642. The largest absolute Gasteiger partial charge is 0.396 e. The topological polar surface area (TPSA) is 55.8 Å². The molecule has 0 aromatic rings. The van der Waals surface area contributed by atoms with E-state index in [1.165, 1.54) is 0 Å². The van der Waals surface area contributed by atoms with Crippen LogP contribution >= 0.6 is 0 Å². The molecule has 0 saturated carbocycles. The molecule has 0 amide bonds. The fourth-order valence-electron chi connectivity index (χ4n) is 0.642. The summed E-state index contributed by atoms with van der Waals surface area (Å²) in [4.78, 5) is 18.9. The van der Waals surface area contributed by atoms with Gasteiger partial charge in [-0.05, 0) is 0 Å². The zero-order valence-corrected chi connectivity index (χ0v) is 4.87. The van der Waals surface area contributed by atoms with Gasteiger partial charge >= 0.3 is 5.97 Å². The monoisotopic (exact) mass is 132 g/mol. The van der Waals surface area contributed by atoms with E-state index in [1.807, 2.05) is 0 Å². The highest BCUT2D eigenvalue weighted by Gasteiger charge is 2.20. The second-order valence-electron chi connectivity index (χ2n) is 1.99. The Morgan fingerprint density at radius 2 is 2.56 bits per heavy atom. The van der Waals surface area contributed by atoms with Crippen LogP contribution in [0, 0.1) is 5.92 Å². The number of carbonyl (C=O) groups excluding carboxylic acids is 1. The van der Waals surface area contributed by atoms with Crippen molar-refractivity contribution in [3.8, 4) is 0 Å². The number of aliphatic hydroxyl groups excluding tert-OH is 1. The lowest BCUT2D eigenvalue weighted by molar-refractivity contribution is -0.295. The van der Waals surface area contributed by atoms with Gasteiger partial charge in [-0.25, -0.2) is 4.79 Å². The molecule has 0 bridgehead atoms. The summed E-state index contributed by atoms with van der Waals surface area (Å²) in [6.45, 7) is 0.289. The predicted molar refractivity (Wildman–Crippen MR) is 27.2 cm³/mol. The maximum atomic E-state index is 10.4. The maximum Gasteiger partial charge on any atom is 0.342 e. The molecule has 4 nitrogen and oxygen atoms in total. The Morgan fingerprint density at radius 3 is 3.00 bits per heavy atom. The molecule has 52 valence electrons. The molecule has 1 fully saturated rings. The lowest BCUT2D eigenvalue weighted by Gasteiger charge is -2.16. The molecule has 9 heavy (non-hydrogen) atoms. The Labute approximate surface area is 52.3 Å². The molecule has 0 spiro atoms. The van der Waals surface area contributed by atoms with Crippen molar-refractivity contribution in [3.05, 3.63) is 0 Å². The minimum Gasteiger partial charge on any atom is -0.396 e. The van der Waals surface area contributed by atoms with Crippen molar-refractivity contribution in [2.75, 3.05) is 13.2 Å². The maximum absolute atomic E-state index is 10.4. The quantitative estimate of drug-likeness (QED) is 0.487. The highest BCUT2D eigenvalue weighted by Crippen LogP contribution is 2.09. The molecule has 1 heterocycles. The first kappa shape index (κ1) is 6.51. The smallest absolute Gasteiger partial charge is 0.342 e. The van der Waals surface area contributed by atoms with Crippen LogP contribution < -0.4 is 0 Å². The standard InChI is InChI=1S/C5H8O4/c6-2-4-1-5(7)9-8-3-4/h4,6H,1-3H2. The second kappa shape index (κ2) is 2.80. The molecule has 1 atom stereocenters. The van der Waals surface area contributed by atoms with Gasteiger partial charge in [0.2, 0.25) is 0 Å². The van der Waals surface area contributed by atoms with Crippen LogP contribution in [0.25, 0.3) is 0 Å². The molecule has 1 unspecified atom stereocenters. The average molecular weight is 132 g/mol. The number of rotatable bonds is 1. The molecule has 1 N–H and O–H groups in total. The van der Waals surface area contributed by atoms with Crippen LogP contribution in [-0.2, 0) is 14.6 Å². The fraction of sp³-hybridized carbons (Fsp3) is 0.800. The molecule has 0 aromatic carbocycles. The molecule has 1 rings (SSSR count). The van der Waals surface area contributed by atoms with E-state index in [9.17, 15) is 4.79 Å². The molecular formula is C5H8O4. The van der Waals surface area contributed by atoms with Gasteiger partial charge in [0.25, 0.3) is 0 Å². The number of hydrogen-bond donors (Lipinski definition) is 1. The van der Waals surface area contributed by atoms with Crippen LogP contribution in [0.15, 0.2) is 0 Å². The first-order valence-electron chi connectivity index (χ1n) is 2.76. The Morgan fingerprint density at radius 1 is 1.78 bits per heavy atom. The van der Waals surface area contributed by atoms with Crippen molar-refractivity contribution < 1.29 is 19.7 Å². The Bertz CT molecular complexity index is 112. The molecule has 1 aliphatic heterocycles. The van der Waals surface area contributed by atoms with E-state index < -0.39 is 5.97 Å². The Kier molecular flexibility index (Phi) is 2.02. The molecule has 0 aromatic heterocycles. The van der Waals surface area contributed by atoms with E-state index in [2.05, 4.69) is 9.78 Å². The van der Waals surface area contributed by atoms with E-state index in [4.69, 9.17) is 5.11 Å². The highest BCUT2D eigenvalue weighted by atomic mass is 17.2. The average Bonchev–Trinajstić information content (AvgIpc) is 1.88.